The SMILES string of the molecule is COCCN1C(=S)N[C@H]2C[C@]1(C)Oc1ccc(Br)cc12. The summed E-state index contributed by atoms with van der Waals surface area (Å²) in [5, 5.41) is 4.14. The van der Waals surface area contributed by atoms with E-state index < -0.39 is 5.72 Å². The van der Waals surface area contributed by atoms with E-state index in [4.69, 9.17) is 21.7 Å². The first-order chi connectivity index (χ1) is 9.53. The first kappa shape index (κ1) is 14.1. The van der Waals surface area contributed by atoms with Gasteiger partial charge in [0, 0.05) is 30.1 Å². The van der Waals surface area contributed by atoms with E-state index in [9.17, 15) is 0 Å². The van der Waals surface area contributed by atoms with E-state index in [-0.39, 0.29) is 6.04 Å². The van der Waals surface area contributed by atoms with Gasteiger partial charge in [-0.1, -0.05) is 15.9 Å². The highest BCUT2D eigenvalue weighted by atomic mass is 79.9. The molecular formula is C14H17BrN2O2S. The minimum Gasteiger partial charge on any atom is -0.468 e. The van der Waals surface area contributed by atoms with E-state index in [2.05, 4.69) is 39.1 Å². The molecule has 0 aliphatic carbocycles. The van der Waals surface area contributed by atoms with Crippen LogP contribution >= 0.6 is 28.1 Å². The van der Waals surface area contributed by atoms with Crippen molar-refractivity contribution in [1.82, 2.24) is 10.2 Å². The molecule has 0 aromatic heterocycles. The van der Waals surface area contributed by atoms with Gasteiger partial charge in [-0.15, -0.1) is 0 Å². The predicted octanol–water partition coefficient (Wildman–Crippen LogP) is 2.83. The van der Waals surface area contributed by atoms with Gasteiger partial charge in [0.2, 0.25) is 0 Å². The van der Waals surface area contributed by atoms with Gasteiger partial charge >= 0.3 is 0 Å². The third kappa shape index (κ3) is 2.29. The average molecular weight is 357 g/mol. The number of rotatable bonds is 3. The highest BCUT2D eigenvalue weighted by Crippen LogP contribution is 2.44. The maximum atomic E-state index is 6.25. The molecule has 6 heteroatoms. The first-order valence-corrected chi connectivity index (χ1v) is 7.79. The Labute approximate surface area is 132 Å². The average Bonchev–Trinajstić information content (AvgIpc) is 2.39. The van der Waals surface area contributed by atoms with E-state index in [1.165, 1.54) is 0 Å². The maximum Gasteiger partial charge on any atom is 0.184 e. The third-order valence-electron chi connectivity index (χ3n) is 3.89. The number of methoxy groups -OCH3 is 1. The summed E-state index contributed by atoms with van der Waals surface area (Å²) in [4.78, 5) is 2.08. The van der Waals surface area contributed by atoms with Gasteiger partial charge < -0.3 is 19.7 Å². The second-order valence-corrected chi connectivity index (χ2v) is 6.61. The Morgan fingerprint density at radius 3 is 3.15 bits per heavy atom. The number of hydrogen-bond donors (Lipinski definition) is 1. The van der Waals surface area contributed by atoms with E-state index >= 15 is 0 Å². The van der Waals surface area contributed by atoms with Crippen LogP contribution in [0, 0.1) is 0 Å². The molecular weight excluding hydrogens is 340 g/mol. The topological polar surface area (TPSA) is 33.7 Å². The lowest BCUT2D eigenvalue weighted by Gasteiger charge is -2.52. The van der Waals surface area contributed by atoms with Crippen LogP contribution in [0.4, 0.5) is 0 Å². The zero-order valence-electron chi connectivity index (χ0n) is 11.5. The number of nitrogens with one attached hydrogen (secondary N) is 1. The molecule has 2 atom stereocenters. The summed E-state index contributed by atoms with van der Waals surface area (Å²) in [6.45, 7) is 3.43. The molecule has 108 valence electrons. The van der Waals surface area contributed by atoms with Gasteiger partial charge in [-0.25, -0.2) is 0 Å². The van der Waals surface area contributed by atoms with Crippen LogP contribution < -0.4 is 10.1 Å². The van der Waals surface area contributed by atoms with E-state index in [0.29, 0.717) is 6.61 Å². The summed E-state index contributed by atoms with van der Waals surface area (Å²) in [7, 11) is 1.69. The van der Waals surface area contributed by atoms with E-state index in [1.807, 2.05) is 12.1 Å². The quantitative estimate of drug-likeness (QED) is 0.842. The second kappa shape index (κ2) is 5.16. The van der Waals surface area contributed by atoms with Gasteiger partial charge in [0.15, 0.2) is 10.8 Å². The first-order valence-electron chi connectivity index (χ1n) is 6.59. The zero-order valence-corrected chi connectivity index (χ0v) is 13.9. The van der Waals surface area contributed by atoms with Gasteiger partial charge in [0.1, 0.15) is 5.75 Å². The largest absolute Gasteiger partial charge is 0.468 e. The van der Waals surface area contributed by atoms with Crippen LogP contribution in [0.25, 0.3) is 0 Å². The van der Waals surface area contributed by atoms with Crippen molar-refractivity contribution >= 4 is 33.3 Å². The summed E-state index contributed by atoms with van der Waals surface area (Å²) in [6, 6.07) is 6.31. The highest BCUT2D eigenvalue weighted by molar-refractivity contribution is 9.10. The van der Waals surface area contributed by atoms with Crippen LogP contribution in [0.2, 0.25) is 0 Å². The molecule has 2 aliphatic heterocycles. The minimum atomic E-state index is -0.410. The Balaban J connectivity index is 1.96. The predicted molar refractivity (Wildman–Crippen MR) is 84.8 cm³/mol. The number of fused-ring (bicyclic) bond motifs is 4. The van der Waals surface area contributed by atoms with Crippen molar-refractivity contribution < 1.29 is 9.47 Å². The Kier molecular flexibility index (Phi) is 3.64. The van der Waals surface area contributed by atoms with Crippen molar-refractivity contribution in [2.75, 3.05) is 20.3 Å². The molecule has 1 aromatic carbocycles. The summed E-state index contributed by atoms with van der Waals surface area (Å²) < 4.78 is 12.5. The number of ether oxygens (including phenoxy) is 2. The standard InChI is InChI=1S/C14H17BrN2O2S/c1-14-8-11(16-13(20)17(14)5-6-18-2)10-7-9(15)3-4-12(10)19-14/h3-4,7,11H,5-6,8H2,1-2H3,(H,16,20)/t11-,14-/m0/s1. The second-order valence-electron chi connectivity index (χ2n) is 5.31. The lowest BCUT2D eigenvalue weighted by molar-refractivity contribution is -0.0740. The number of nitrogens with zero attached hydrogens (tertiary/aromatic N) is 1. The molecule has 0 amide bonds. The molecule has 0 saturated carbocycles. The van der Waals surface area contributed by atoms with Crippen LogP contribution in [-0.4, -0.2) is 36.0 Å². The van der Waals surface area contributed by atoms with Gasteiger partial charge in [-0.3, -0.25) is 0 Å². The number of benzene rings is 1. The molecule has 0 unspecified atom stereocenters. The fourth-order valence-electron chi connectivity index (χ4n) is 2.91. The van der Waals surface area contributed by atoms with E-state index in [1.54, 1.807) is 7.11 Å². The van der Waals surface area contributed by atoms with Crippen molar-refractivity contribution in [2.24, 2.45) is 0 Å². The normalized spacial score (nSPS) is 27.6. The molecule has 1 N–H and O–H groups in total. The van der Waals surface area contributed by atoms with Crippen molar-refractivity contribution in [1.29, 1.82) is 0 Å². The Morgan fingerprint density at radius 2 is 2.40 bits per heavy atom. The summed E-state index contributed by atoms with van der Waals surface area (Å²) in [5.41, 5.74) is 0.748. The van der Waals surface area contributed by atoms with Gasteiger partial charge in [-0.2, -0.15) is 0 Å². The lowest BCUT2D eigenvalue weighted by atomic mass is 9.91. The Bertz CT molecular complexity index is 554. The molecule has 1 saturated heterocycles. The van der Waals surface area contributed by atoms with Gasteiger partial charge in [0.25, 0.3) is 0 Å². The molecule has 2 bridgehead atoms. The molecule has 4 nitrogen and oxygen atoms in total. The van der Waals surface area contributed by atoms with E-state index in [0.717, 1.165) is 33.9 Å². The zero-order chi connectivity index (χ0) is 14.3. The van der Waals surface area contributed by atoms with Crippen LogP contribution in [0.5, 0.6) is 5.75 Å². The molecule has 1 aromatic rings. The van der Waals surface area contributed by atoms with Crippen molar-refractivity contribution in [3.8, 4) is 5.75 Å². The maximum absolute atomic E-state index is 6.25. The van der Waals surface area contributed by atoms with Crippen LogP contribution in [-0.2, 0) is 4.74 Å². The molecule has 1 fully saturated rings. The molecule has 0 spiro atoms. The third-order valence-corrected chi connectivity index (χ3v) is 4.72. The molecule has 2 heterocycles. The fraction of sp³-hybridized carbons (Fsp3) is 0.500. The number of halogens is 1. The smallest absolute Gasteiger partial charge is 0.184 e. The summed E-state index contributed by atoms with van der Waals surface area (Å²) in [6.07, 6.45) is 0.861. The van der Waals surface area contributed by atoms with Gasteiger partial charge in [-0.05, 0) is 37.3 Å². The monoisotopic (exact) mass is 356 g/mol. The summed E-state index contributed by atoms with van der Waals surface area (Å²) in [5.74, 6) is 0.921. The van der Waals surface area contributed by atoms with Crippen LogP contribution in [0.15, 0.2) is 22.7 Å². The molecule has 2 aliphatic rings. The Hall–Kier alpha value is -0.850. The minimum absolute atomic E-state index is 0.201. The molecule has 3 rings (SSSR count). The van der Waals surface area contributed by atoms with Crippen molar-refractivity contribution in [3.05, 3.63) is 28.2 Å². The molecule has 20 heavy (non-hydrogen) atoms. The van der Waals surface area contributed by atoms with Gasteiger partial charge in [0.05, 0.1) is 12.6 Å². The fourth-order valence-corrected chi connectivity index (χ4v) is 3.71. The number of thiocarbonyl (C=S) groups is 1. The Morgan fingerprint density at radius 1 is 1.60 bits per heavy atom. The van der Waals surface area contributed by atoms with Crippen molar-refractivity contribution in [2.45, 2.75) is 25.1 Å². The lowest BCUT2D eigenvalue weighted by Crippen LogP contribution is -2.65. The van der Waals surface area contributed by atoms with Crippen LogP contribution in [0.3, 0.4) is 0 Å². The van der Waals surface area contributed by atoms with Crippen molar-refractivity contribution in [3.63, 3.8) is 0 Å². The van der Waals surface area contributed by atoms with Crippen LogP contribution in [0.1, 0.15) is 24.9 Å². The summed E-state index contributed by atoms with van der Waals surface area (Å²) >= 11 is 9.01. The highest BCUT2D eigenvalue weighted by Gasteiger charge is 2.47. The molecule has 0 radical (unpaired) electrons. The number of hydrogen-bond acceptors (Lipinski definition) is 3.